The van der Waals surface area contributed by atoms with Crippen LogP contribution >= 0.6 is 0 Å². The minimum absolute atomic E-state index is 0.370. The molecule has 0 saturated heterocycles. The Balaban J connectivity index is 1.99. The molecule has 27 heavy (non-hydrogen) atoms. The minimum Gasteiger partial charge on any atom is -0.359 e. The number of rotatable bonds is 3. The highest BCUT2D eigenvalue weighted by Gasteiger charge is 2.31. The van der Waals surface area contributed by atoms with Gasteiger partial charge in [-0.2, -0.15) is 13.2 Å². The van der Waals surface area contributed by atoms with E-state index in [4.69, 9.17) is 0 Å². The second-order valence-corrected chi connectivity index (χ2v) is 6.91. The number of nitrogens with one attached hydrogen (secondary N) is 2. The van der Waals surface area contributed by atoms with E-state index in [0.717, 1.165) is 29.1 Å². The highest BCUT2D eigenvalue weighted by Crippen LogP contribution is 2.34. The Hall–Kier alpha value is -2.76. The third kappa shape index (κ3) is 4.51. The van der Waals surface area contributed by atoms with E-state index in [1.807, 2.05) is 31.2 Å². The Morgan fingerprint density at radius 1 is 1.15 bits per heavy atom. The molecule has 2 N–H and O–H groups in total. The zero-order valence-electron chi connectivity index (χ0n) is 15.4. The fourth-order valence-electron chi connectivity index (χ4n) is 3.06. The van der Waals surface area contributed by atoms with Gasteiger partial charge in [-0.15, -0.1) is 0 Å². The lowest BCUT2D eigenvalue weighted by Gasteiger charge is -2.27. The zero-order chi connectivity index (χ0) is 19.6. The molecule has 0 amide bonds. The van der Waals surface area contributed by atoms with Crippen LogP contribution in [-0.4, -0.2) is 5.84 Å². The molecule has 0 radical (unpaired) electrons. The summed E-state index contributed by atoms with van der Waals surface area (Å²) in [7, 11) is 0. The van der Waals surface area contributed by atoms with E-state index in [-0.39, 0.29) is 0 Å². The molecule has 2 aromatic carbocycles. The summed E-state index contributed by atoms with van der Waals surface area (Å²) >= 11 is 0. The van der Waals surface area contributed by atoms with E-state index in [2.05, 4.69) is 35.5 Å². The summed E-state index contributed by atoms with van der Waals surface area (Å²) in [5.41, 5.74) is 2.45. The fourth-order valence-corrected chi connectivity index (χ4v) is 3.06. The van der Waals surface area contributed by atoms with E-state index < -0.39 is 17.9 Å². The molecule has 2 aromatic rings. The average Bonchev–Trinajstić information content (AvgIpc) is 2.60. The van der Waals surface area contributed by atoms with Crippen LogP contribution in [0.4, 0.5) is 18.9 Å². The summed E-state index contributed by atoms with van der Waals surface area (Å²) in [5.74, 6) is 1.01. The number of alkyl halides is 3. The van der Waals surface area contributed by atoms with Crippen molar-refractivity contribution in [1.29, 1.82) is 0 Å². The summed E-state index contributed by atoms with van der Waals surface area (Å²) in [6, 6.07) is 12.9. The van der Waals surface area contributed by atoms with Crippen molar-refractivity contribution >= 4 is 11.5 Å². The molecule has 1 atom stereocenters. The van der Waals surface area contributed by atoms with Crippen molar-refractivity contribution in [3.05, 3.63) is 77.0 Å². The van der Waals surface area contributed by atoms with Gasteiger partial charge in [0.15, 0.2) is 0 Å². The number of hydrogen-bond donors (Lipinski definition) is 2. The standard InChI is InChI=1S/C21H22F3N3/c1-13(2)11-14(3)25-20-17-9-4-5-10-18(17)26-19(27-20)15-7-6-8-16(12-15)21(22,23)24/h4-13,19,26H,1-3H3,(H,25,27)/b14-11+. The largest absolute Gasteiger partial charge is 0.416 e. The number of halogens is 3. The molecule has 0 saturated carbocycles. The lowest BCUT2D eigenvalue weighted by atomic mass is 10.0. The monoisotopic (exact) mass is 373 g/mol. The molecule has 1 aliphatic rings. The smallest absolute Gasteiger partial charge is 0.359 e. The molecule has 6 heteroatoms. The number of aliphatic imine (C=N–C) groups is 1. The number of amidine groups is 1. The van der Waals surface area contributed by atoms with Crippen molar-refractivity contribution in [2.24, 2.45) is 10.9 Å². The van der Waals surface area contributed by atoms with Crippen molar-refractivity contribution in [3.63, 3.8) is 0 Å². The number of fused-ring (bicyclic) bond motifs is 1. The Labute approximate surface area is 157 Å². The van der Waals surface area contributed by atoms with Crippen LogP contribution in [-0.2, 0) is 6.18 Å². The summed E-state index contributed by atoms with van der Waals surface area (Å²) in [5, 5.41) is 6.52. The fraction of sp³-hybridized carbons (Fsp3) is 0.286. The van der Waals surface area contributed by atoms with Crippen LogP contribution < -0.4 is 10.6 Å². The van der Waals surface area contributed by atoms with Crippen LogP contribution in [0.2, 0.25) is 0 Å². The van der Waals surface area contributed by atoms with E-state index in [1.54, 1.807) is 6.07 Å². The second kappa shape index (κ2) is 7.47. The Morgan fingerprint density at radius 3 is 2.59 bits per heavy atom. The Kier molecular flexibility index (Phi) is 5.26. The number of allylic oxidation sites excluding steroid dienone is 2. The van der Waals surface area contributed by atoms with Gasteiger partial charge in [0.2, 0.25) is 0 Å². The topological polar surface area (TPSA) is 36.4 Å². The molecular weight excluding hydrogens is 351 g/mol. The lowest BCUT2D eigenvalue weighted by molar-refractivity contribution is -0.137. The van der Waals surface area contributed by atoms with Gasteiger partial charge in [-0.25, -0.2) is 4.99 Å². The summed E-state index contributed by atoms with van der Waals surface area (Å²) < 4.78 is 39.2. The number of hydrogen-bond acceptors (Lipinski definition) is 3. The molecule has 0 aliphatic carbocycles. The normalized spacial score (nSPS) is 17.2. The molecule has 1 aliphatic heterocycles. The molecule has 1 heterocycles. The average molecular weight is 373 g/mol. The predicted molar refractivity (Wildman–Crippen MR) is 103 cm³/mol. The van der Waals surface area contributed by atoms with E-state index in [1.165, 1.54) is 6.07 Å². The first kappa shape index (κ1) is 19.0. The van der Waals surface area contributed by atoms with Gasteiger partial charge < -0.3 is 10.6 Å². The van der Waals surface area contributed by atoms with Crippen LogP contribution in [0.25, 0.3) is 0 Å². The van der Waals surface area contributed by atoms with E-state index in [9.17, 15) is 13.2 Å². The first-order chi connectivity index (χ1) is 12.7. The van der Waals surface area contributed by atoms with E-state index >= 15 is 0 Å². The van der Waals surface area contributed by atoms with Crippen LogP contribution in [0.3, 0.4) is 0 Å². The number of anilines is 1. The summed E-state index contributed by atoms with van der Waals surface area (Å²) in [6.45, 7) is 6.11. The van der Waals surface area contributed by atoms with Gasteiger partial charge in [-0.3, -0.25) is 0 Å². The van der Waals surface area contributed by atoms with Gasteiger partial charge in [0.05, 0.1) is 5.56 Å². The van der Waals surface area contributed by atoms with Gasteiger partial charge in [0, 0.05) is 16.9 Å². The summed E-state index contributed by atoms with van der Waals surface area (Å²) in [6.07, 6.45) is -2.91. The molecule has 142 valence electrons. The Bertz CT molecular complexity index is 882. The minimum atomic E-state index is -4.38. The van der Waals surface area contributed by atoms with Crippen LogP contribution in [0.5, 0.6) is 0 Å². The number of benzene rings is 2. The van der Waals surface area contributed by atoms with Crippen LogP contribution in [0, 0.1) is 5.92 Å². The van der Waals surface area contributed by atoms with Crippen LogP contribution in [0.1, 0.15) is 43.6 Å². The maximum Gasteiger partial charge on any atom is 0.416 e. The highest BCUT2D eigenvalue weighted by molar-refractivity contribution is 6.05. The van der Waals surface area contributed by atoms with Crippen molar-refractivity contribution in [1.82, 2.24) is 5.32 Å². The third-order valence-corrected chi connectivity index (χ3v) is 4.16. The van der Waals surface area contributed by atoms with Gasteiger partial charge in [0.25, 0.3) is 0 Å². The van der Waals surface area contributed by atoms with Crippen molar-refractivity contribution < 1.29 is 13.2 Å². The first-order valence-electron chi connectivity index (χ1n) is 8.80. The molecule has 0 bridgehead atoms. The molecule has 3 rings (SSSR count). The van der Waals surface area contributed by atoms with Crippen LogP contribution in [0.15, 0.2) is 65.3 Å². The molecule has 0 fully saturated rings. The highest BCUT2D eigenvalue weighted by atomic mass is 19.4. The number of para-hydroxylation sites is 1. The van der Waals surface area contributed by atoms with Gasteiger partial charge in [0.1, 0.15) is 12.0 Å². The maximum absolute atomic E-state index is 13.1. The van der Waals surface area contributed by atoms with Gasteiger partial charge >= 0.3 is 6.18 Å². The molecule has 1 unspecified atom stereocenters. The lowest BCUT2D eigenvalue weighted by Crippen LogP contribution is -2.30. The molecule has 0 spiro atoms. The SMILES string of the molecule is C/C(=C\C(C)C)NC1=NC(c2cccc(C(F)(F)F)c2)Nc2ccccc21. The molecule has 3 nitrogen and oxygen atoms in total. The number of nitrogens with zero attached hydrogens (tertiary/aromatic N) is 1. The van der Waals surface area contributed by atoms with Crippen molar-refractivity contribution in [2.45, 2.75) is 33.1 Å². The Morgan fingerprint density at radius 2 is 1.89 bits per heavy atom. The third-order valence-electron chi connectivity index (χ3n) is 4.16. The molecular formula is C21H22F3N3. The molecule has 0 aromatic heterocycles. The zero-order valence-corrected chi connectivity index (χ0v) is 15.4. The van der Waals surface area contributed by atoms with Gasteiger partial charge in [-0.1, -0.05) is 44.2 Å². The van der Waals surface area contributed by atoms with E-state index in [0.29, 0.717) is 17.3 Å². The van der Waals surface area contributed by atoms with Crippen molar-refractivity contribution in [3.8, 4) is 0 Å². The van der Waals surface area contributed by atoms with Crippen molar-refractivity contribution in [2.75, 3.05) is 5.32 Å². The first-order valence-corrected chi connectivity index (χ1v) is 8.80. The summed E-state index contributed by atoms with van der Waals surface area (Å²) in [4.78, 5) is 4.65. The predicted octanol–water partition coefficient (Wildman–Crippen LogP) is 5.73. The maximum atomic E-state index is 13.1. The second-order valence-electron chi connectivity index (χ2n) is 6.91. The van der Waals surface area contributed by atoms with Gasteiger partial charge in [-0.05, 0) is 42.7 Å². The quantitative estimate of drug-likeness (QED) is 0.721.